The zero-order valence-electron chi connectivity index (χ0n) is 16.9. The lowest BCUT2D eigenvalue weighted by molar-refractivity contribution is -0.129. The fourth-order valence-electron chi connectivity index (χ4n) is 4.10. The Hall–Kier alpha value is -3.48. The molecule has 2 unspecified atom stereocenters. The van der Waals surface area contributed by atoms with E-state index >= 15 is 0 Å². The molecule has 3 N–H and O–H groups in total. The molecule has 1 fully saturated rings. The molecule has 0 spiro atoms. The second-order valence-electron chi connectivity index (χ2n) is 8.21. The van der Waals surface area contributed by atoms with Gasteiger partial charge < -0.3 is 10.6 Å². The number of amides is 4. The Labute approximate surface area is 174 Å². The standard InChI is InChI=1S/C23H23N3O4/c1-13(27)14-3-5-15(6-4-14)16-7-8-17-10-19(11-18(17)9-16)24-20(28)12-23(2)21(29)25-22(30)26-23/h3-9,19H,10-12H2,1-2H3,(H,24,28)(H2,25,26,29,30). The van der Waals surface area contributed by atoms with Crippen molar-refractivity contribution in [3.63, 3.8) is 0 Å². The zero-order chi connectivity index (χ0) is 21.5. The molecule has 0 saturated carbocycles. The maximum Gasteiger partial charge on any atom is 0.322 e. The van der Waals surface area contributed by atoms with Gasteiger partial charge in [-0.2, -0.15) is 0 Å². The summed E-state index contributed by atoms with van der Waals surface area (Å²) < 4.78 is 0. The minimum Gasteiger partial charge on any atom is -0.353 e. The minimum absolute atomic E-state index is 0.0394. The molecule has 2 aliphatic rings. The summed E-state index contributed by atoms with van der Waals surface area (Å²) in [6, 6.07) is 13.1. The third-order valence-corrected chi connectivity index (χ3v) is 5.76. The molecule has 7 heteroatoms. The summed E-state index contributed by atoms with van der Waals surface area (Å²) in [4.78, 5) is 47.2. The summed E-state index contributed by atoms with van der Waals surface area (Å²) >= 11 is 0. The smallest absolute Gasteiger partial charge is 0.322 e. The number of carbonyl (C=O) groups excluding carboxylic acids is 4. The topological polar surface area (TPSA) is 104 Å². The normalized spacial score (nSPS) is 22.3. The average Bonchev–Trinajstić information content (AvgIpc) is 3.19. The molecule has 2 aromatic rings. The molecule has 1 aliphatic carbocycles. The van der Waals surface area contributed by atoms with E-state index in [-0.39, 0.29) is 24.2 Å². The summed E-state index contributed by atoms with van der Waals surface area (Å²) in [5.74, 6) is -0.719. The van der Waals surface area contributed by atoms with Crippen LogP contribution in [-0.4, -0.2) is 35.2 Å². The molecule has 0 aromatic heterocycles. The number of benzene rings is 2. The number of ketones is 1. The molecule has 0 radical (unpaired) electrons. The number of rotatable bonds is 5. The third-order valence-electron chi connectivity index (χ3n) is 5.76. The maximum absolute atomic E-state index is 12.5. The van der Waals surface area contributed by atoms with Gasteiger partial charge in [0.25, 0.3) is 5.91 Å². The zero-order valence-corrected chi connectivity index (χ0v) is 16.9. The third kappa shape index (κ3) is 3.83. The predicted octanol–water partition coefficient (Wildman–Crippen LogP) is 2.13. The van der Waals surface area contributed by atoms with E-state index in [1.807, 2.05) is 30.3 Å². The highest BCUT2D eigenvalue weighted by Crippen LogP contribution is 2.29. The van der Waals surface area contributed by atoms with Crippen LogP contribution in [0.5, 0.6) is 0 Å². The van der Waals surface area contributed by atoms with Gasteiger partial charge in [-0.05, 0) is 48.9 Å². The van der Waals surface area contributed by atoms with Gasteiger partial charge in [0.2, 0.25) is 5.91 Å². The number of carbonyl (C=O) groups is 4. The van der Waals surface area contributed by atoms with Crippen molar-refractivity contribution >= 4 is 23.6 Å². The molecule has 1 heterocycles. The Balaban J connectivity index is 1.41. The fraction of sp³-hybridized carbons (Fsp3) is 0.304. The first kappa shape index (κ1) is 19.8. The lowest BCUT2D eigenvalue weighted by atomic mass is 9.97. The molecule has 0 bridgehead atoms. The SMILES string of the molecule is CC(=O)c1ccc(-c2ccc3c(c2)CC(NC(=O)CC2(C)NC(=O)NC2=O)C3)cc1. The van der Waals surface area contributed by atoms with Crippen LogP contribution in [0.2, 0.25) is 0 Å². The van der Waals surface area contributed by atoms with E-state index < -0.39 is 17.5 Å². The van der Waals surface area contributed by atoms with Gasteiger partial charge in [-0.1, -0.05) is 42.5 Å². The molecule has 1 saturated heterocycles. The van der Waals surface area contributed by atoms with E-state index in [1.165, 1.54) is 11.1 Å². The van der Waals surface area contributed by atoms with E-state index in [1.54, 1.807) is 13.8 Å². The molecule has 4 amide bonds. The van der Waals surface area contributed by atoms with E-state index in [9.17, 15) is 19.2 Å². The summed E-state index contributed by atoms with van der Waals surface area (Å²) in [6.45, 7) is 3.09. The second-order valence-corrected chi connectivity index (χ2v) is 8.21. The summed E-state index contributed by atoms with van der Waals surface area (Å²) in [5.41, 5.74) is 3.92. The van der Waals surface area contributed by atoms with Crippen LogP contribution < -0.4 is 16.0 Å². The number of hydrogen-bond donors (Lipinski definition) is 3. The molecule has 2 aromatic carbocycles. The van der Waals surface area contributed by atoms with Crippen molar-refractivity contribution in [1.82, 2.24) is 16.0 Å². The highest BCUT2D eigenvalue weighted by molar-refractivity contribution is 6.08. The molecule has 7 nitrogen and oxygen atoms in total. The van der Waals surface area contributed by atoms with E-state index in [0.29, 0.717) is 12.0 Å². The van der Waals surface area contributed by atoms with E-state index in [0.717, 1.165) is 17.5 Å². The minimum atomic E-state index is -1.22. The number of imide groups is 1. The van der Waals surface area contributed by atoms with Crippen LogP contribution >= 0.6 is 0 Å². The van der Waals surface area contributed by atoms with Gasteiger partial charge >= 0.3 is 6.03 Å². The Morgan fingerprint density at radius 3 is 2.33 bits per heavy atom. The molecule has 2 atom stereocenters. The quantitative estimate of drug-likeness (QED) is 0.524. The lowest BCUT2D eigenvalue weighted by Crippen LogP contribution is -2.49. The molecule has 30 heavy (non-hydrogen) atoms. The monoisotopic (exact) mass is 405 g/mol. The number of hydrogen-bond acceptors (Lipinski definition) is 4. The Morgan fingerprint density at radius 1 is 1.03 bits per heavy atom. The van der Waals surface area contributed by atoms with Gasteiger partial charge in [0, 0.05) is 11.6 Å². The van der Waals surface area contributed by atoms with E-state index in [4.69, 9.17) is 0 Å². The first-order chi connectivity index (χ1) is 14.2. The van der Waals surface area contributed by atoms with Crippen molar-refractivity contribution in [1.29, 1.82) is 0 Å². The average molecular weight is 405 g/mol. The van der Waals surface area contributed by atoms with Crippen LogP contribution in [0.25, 0.3) is 11.1 Å². The molecular weight excluding hydrogens is 382 g/mol. The maximum atomic E-state index is 12.5. The molecule has 4 rings (SSSR count). The van der Waals surface area contributed by atoms with Gasteiger partial charge in [0.1, 0.15) is 5.54 Å². The lowest BCUT2D eigenvalue weighted by Gasteiger charge is -2.21. The van der Waals surface area contributed by atoms with Crippen LogP contribution in [0.4, 0.5) is 4.79 Å². The van der Waals surface area contributed by atoms with Crippen molar-refractivity contribution < 1.29 is 19.2 Å². The van der Waals surface area contributed by atoms with Crippen LogP contribution in [0.3, 0.4) is 0 Å². The number of nitrogens with one attached hydrogen (secondary N) is 3. The van der Waals surface area contributed by atoms with Crippen LogP contribution in [0.15, 0.2) is 42.5 Å². The van der Waals surface area contributed by atoms with Crippen LogP contribution in [0, 0.1) is 0 Å². The van der Waals surface area contributed by atoms with Crippen molar-refractivity contribution in [2.24, 2.45) is 0 Å². The Morgan fingerprint density at radius 2 is 1.70 bits per heavy atom. The molecule has 1 aliphatic heterocycles. The van der Waals surface area contributed by atoms with Gasteiger partial charge in [0.05, 0.1) is 6.42 Å². The summed E-state index contributed by atoms with van der Waals surface area (Å²) in [5, 5.41) is 7.66. The van der Waals surface area contributed by atoms with Crippen LogP contribution in [-0.2, 0) is 22.4 Å². The highest BCUT2D eigenvalue weighted by atomic mass is 16.2. The van der Waals surface area contributed by atoms with Crippen LogP contribution in [0.1, 0.15) is 41.8 Å². The fourth-order valence-corrected chi connectivity index (χ4v) is 4.10. The van der Waals surface area contributed by atoms with Gasteiger partial charge in [0.15, 0.2) is 5.78 Å². The largest absolute Gasteiger partial charge is 0.353 e. The number of Topliss-reactive ketones (excluding diaryl/α,β-unsaturated/α-hetero) is 1. The highest BCUT2D eigenvalue weighted by Gasteiger charge is 2.43. The van der Waals surface area contributed by atoms with Gasteiger partial charge in [-0.15, -0.1) is 0 Å². The second kappa shape index (κ2) is 7.40. The first-order valence-corrected chi connectivity index (χ1v) is 9.90. The Bertz CT molecular complexity index is 1060. The van der Waals surface area contributed by atoms with Gasteiger partial charge in [-0.25, -0.2) is 4.79 Å². The Kier molecular flexibility index (Phi) is 4.89. The van der Waals surface area contributed by atoms with Crippen molar-refractivity contribution in [2.45, 2.75) is 44.7 Å². The predicted molar refractivity (Wildman–Crippen MR) is 111 cm³/mol. The van der Waals surface area contributed by atoms with Gasteiger partial charge in [-0.3, -0.25) is 19.7 Å². The summed E-state index contributed by atoms with van der Waals surface area (Å²) in [7, 11) is 0. The molecular formula is C23H23N3O4. The first-order valence-electron chi connectivity index (χ1n) is 9.90. The van der Waals surface area contributed by atoms with Crippen molar-refractivity contribution in [2.75, 3.05) is 0 Å². The van der Waals surface area contributed by atoms with E-state index in [2.05, 4.69) is 28.1 Å². The number of urea groups is 1. The summed E-state index contributed by atoms with van der Waals surface area (Å²) in [6.07, 6.45) is 1.32. The number of fused-ring (bicyclic) bond motifs is 1. The molecule has 154 valence electrons. The van der Waals surface area contributed by atoms with Crippen molar-refractivity contribution in [3.8, 4) is 11.1 Å². The van der Waals surface area contributed by atoms with Crippen molar-refractivity contribution in [3.05, 3.63) is 59.2 Å².